The summed E-state index contributed by atoms with van der Waals surface area (Å²) >= 11 is 1.43. The number of hydrogen-bond acceptors (Lipinski definition) is 3. The van der Waals surface area contributed by atoms with Gasteiger partial charge in [-0.2, -0.15) is 0 Å². The van der Waals surface area contributed by atoms with E-state index in [1.165, 1.54) is 17.8 Å². The predicted molar refractivity (Wildman–Crippen MR) is 77.2 cm³/mol. The van der Waals surface area contributed by atoms with E-state index in [4.69, 9.17) is 5.11 Å². The van der Waals surface area contributed by atoms with E-state index in [2.05, 4.69) is 25.7 Å². The van der Waals surface area contributed by atoms with Gasteiger partial charge in [0, 0.05) is 18.2 Å². The lowest BCUT2D eigenvalue weighted by Gasteiger charge is -2.36. The van der Waals surface area contributed by atoms with Crippen molar-refractivity contribution in [3.05, 3.63) is 21.9 Å². The molecule has 1 N–H and O–H groups in total. The molecular weight excluding hydrogens is 258 g/mol. The van der Waals surface area contributed by atoms with Gasteiger partial charge in [0.05, 0.1) is 0 Å². The number of hydrogen-bond donors (Lipinski definition) is 1. The fourth-order valence-electron chi connectivity index (χ4n) is 2.41. The van der Waals surface area contributed by atoms with Crippen LogP contribution in [0.2, 0.25) is 0 Å². The molecule has 1 aliphatic heterocycles. The number of amides is 1. The molecule has 0 saturated carbocycles. The van der Waals surface area contributed by atoms with E-state index in [0.717, 1.165) is 18.5 Å². The third-order valence-electron chi connectivity index (χ3n) is 3.54. The second kappa shape index (κ2) is 6.23. The van der Waals surface area contributed by atoms with Crippen LogP contribution in [0.1, 0.15) is 41.9 Å². The van der Waals surface area contributed by atoms with Gasteiger partial charge in [0.1, 0.15) is 11.5 Å². The number of carbonyl (C=O) groups is 1. The highest BCUT2D eigenvalue weighted by atomic mass is 32.1. The third kappa shape index (κ3) is 3.17. The minimum absolute atomic E-state index is 0.0799. The molecule has 0 aliphatic carbocycles. The Hall–Kier alpha value is -1.31. The van der Waals surface area contributed by atoms with Gasteiger partial charge in [-0.15, -0.1) is 11.3 Å². The van der Waals surface area contributed by atoms with Crippen LogP contribution in [-0.4, -0.2) is 35.1 Å². The number of aliphatic hydroxyl groups is 1. The van der Waals surface area contributed by atoms with E-state index in [1.54, 1.807) is 0 Å². The Morgan fingerprint density at radius 2 is 2.32 bits per heavy atom. The van der Waals surface area contributed by atoms with E-state index in [1.807, 2.05) is 16.3 Å². The van der Waals surface area contributed by atoms with Crippen molar-refractivity contribution in [2.75, 3.05) is 13.2 Å². The summed E-state index contributed by atoms with van der Waals surface area (Å²) in [6.45, 7) is 4.94. The zero-order chi connectivity index (χ0) is 13.8. The zero-order valence-electron chi connectivity index (χ0n) is 11.3. The van der Waals surface area contributed by atoms with Crippen LogP contribution in [0.4, 0.5) is 0 Å². The van der Waals surface area contributed by atoms with Crippen molar-refractivity contribution < 1.29 is 9.90 Å². The summed E-state index contributed by atoms with van der Waals surface area (Å²) < 4.78 is 0. The SMILES string of the molecule is CC1CCC(C)N(C(=O)c2sccc2C#CCO)C1. The molecule has 1 aromatic rings. The van der Waals surface area contributed by atoms with Crippen molar-refractivity contribution in [3.8, 4) is 11.8 Å². The molecule has 19 heavy (non-hydrogen) atoms. The Bertz CT molecular complexity index is 512. The molecule has 2 unspecified atom stereocenters. The number of piperidine rings is 1. The van der Waals surface area contributed by atoms with Gasteiger partial charge < -0.3 is 10.0 Å². The molecule has 4 heteroatoms. The molecule has 1 amide bonds. The van der Waals surface area contributed by atoms with Gasteiger partial charge in [0.25, 0.3) is 5.91 Å². The minimum Gasteiger partial charge on any atom is -0.384 e. The lowest BCUT2D eigenvalue weighted by molar-refractivity contribution is 0.0579. The molecule has 0 spiro atoms. The topological polar surface area (TPSA) is 40.5 Å². The molecular formula is C15H19NO2S. The van der Waals surface area contributed by atoms with Crippen molar-refractivity contribution in [1.82, 2.24) is 4.90 Å². The number of carbonyl (C=O) groups excluding carboxylic acids is 1. The highest BCUT2D eigenvalue weighted by Gasteiger charge is 2.29. The third-order valence-corrected chi connectivity index (χ3v) is 4.44. The standard InChI is InChI=1S/C15H19NO2S/c1-11-5-6-12(2)16(10-11)15(18)14-13(4-3-8-17)7-9-19-14/h7,9,11-12,17H,5-6,8,10H2,1-2H3. The number of likely N-dealkylation sites (tertiary alicyclic amines) is 1. The van der Waals surface area contributed by atoms with Crippen LogP contribution in [0, 0.1) is 17.8 Å². The van der Waals surface area contributed by atoms with E-state index >= 15 is 0 Å². The van der Waals surface area contributed by atoms with E-state index in [-0.39, 0.29) is 12.5 Å². The Labute approximate surface area is 118 Å². The van der Waals surface area contributed by atoms with Gasteiger partial charge >= 0.3 is 0 Å². The van der Waals surface area contributed by atoms with Crippen LogP contribution in [-0.2, 0) is 0 Å². The number of rotatable bonds is 1. The Balaban J connectivity index is 2.21. The average molecular weight is 277 g/mol. The van der Waals surface area contributed by atoms with Crippen LogP contribution in [0.25, 0.3) is 0 Å². The second-order valence-corrected chi connectivity index (χ2v) is 6.03. The van der Waals surface area contributed by atoms with Crippen molar-refractivity contribution in [2.24, 2.45) is 5.92 Å². The first-order valence-electron chi connectivity index (χ1n) is 6.61. The van der Waals surface area contributed by atoms with Gasteiger partial charge in [-0.1, -0.05) is 18.8 Å². The fourth-order valence-corrected chi connectivity index (χ4v) is 3.21. The smallest absolute Gasteiger partial charge is 0.265 e. The summed E-state index contributed by atoms with van der Waals surface area (Å²) in [7, 11) is 0. The van der Waals surface area contributed by atoms with Crippen LogP contribution in [0.3, 0.4) is 0 Å². The normalized spacial score (nSPS) is 22.8. The largest absolute Gasteiger partial charge is 0.384 e. The molecule has 2 atom stereocenters. The van der Waals surface area contributed by atoms with Crippen LogP contribution < -0.4 is 0 Å². The summed E-state index contributed by atoms with van der Waals surface area (Å²) in [5, 5.41) is 10.6. The number of aliphatic hydroxyl groups excluding tert-OH is 1. The minimum atomic E-state index is -0.180. The van der Waals surface area contributed by atoms with Crippen LogP contribution >= 0.6 is 11.3 Å². The van der Waals surface area contributed by atoms with E-state index in [0.29, 0.717) is 16.8 Å². The highest BCUT2D eigenvalue weighted by Crippen LogP contribution is 2.26. The van der Waals surface area contributed by atoms with Crippen molar-refractivity contribution in [1.29, 1.82) is 0 Å². The molecule has 2 rings (SSSR count). The first kappa shape index (κ1) is 14.1. The fraction of sp³-hybridized carbons (Fsp3) is 0.533. The van der Waals surface area contributed by atoms with Crippen LogP contribution in [0.5, 0.6) is 0 Å². The monoisotopic (exact) mass is 277 g/mol. The first-order chi connectivity index (χ1) is 9.13. The maximum atomic E-state index is 12.6. The summed E-state index contributed by atoms with van der Waals surface area (Å²) in [5.74, 6) is 6.10. The molecule has 2 heterocycles. The van der Waals surface area contributed by atoms with Crippen LogP contribution in [0.15, 0.2) is 11.4 Å². The van der Waals surface area contributed by atoms with Gasteiger partial charge in [-0.25, -0.2) is 0 Å². The molecule has 3 nitrogen and oxygen atoms in total. The highest BCUT2D eigenvalue weighted by molar-refractivity contribution is 7.12. The molecule has 0 bridgehead atoms. The Kier molecular flexibility index (Phi) is 4.62. The van der Waals surface area contributed by atoms with Gasteiger partial charge in [-0.3, -0.25) is 4.79 Å². The molecule has 102 valence electrons. The summed E-state index contributed by atoms with van der Waals surface area (Å²) in [4.78, 5) is 15.3. The van der Waals surface area contributed by atoms with Crippen molar-refractivity contribution >= 4 is 17.2 Å². The Morgan fingerprint density at radius 1 is 1.53 bits per heavy atom. The maximum Gasteiger partial charge on any atom is 0.265 e. The molecule has 0 radical (unpaired) electrons. The lowest BCUT2D eigenvalue weighted by atomic mass is 9.95. The summed E-state index contributed by atoms with van der Waals surface area (Å²) in [6.07, 6.45) is 2.25. The molecule has 1 fully saturated rings. The van der Waals surface area contributed by atoms with Gasteiger partial charge in [0.2, 0.25) is 0 Å². The average Bonchev–Trinajstić information content (AvgIpc) is 2.86. The maximum absolute atomic E-state index is 12.6. The molecule has 1 aliphatic rings. The van der Waals surface area contributed by atoms with Crippen molar-refractivity contribution in [3.63, 3.8) is 0 Å². The number of nitrogens with zero attached hydrogens (tertiary/aromatic N) is 1. The van der Waals surface area contributed by atoms with Crippen molar-refractivity contribution in [2.45, 2.75) is 32.7 Å². The van der Waals surface area contributed by atoms with E-state index < -0.39 is 0 Å². The van der Waals surface area contributed by atoms with E-state index in [9.17, 15) is 4.79 Å². The quantitative estimate of drug-likeness (QED) is 0.801. The summed E-state index contributed by atoms with van der Waals surface area (Å²) in [6, 6.07) is 2.14. The summed E-state index contributed by atoms with van der Waals surface area (Å²) in [5.41, 5.74) is 0.731. The number of thiophene rings is 1. The zero-order valence-corrected chi connectivity index (χ0v) is 12.2. The predicted octanol–water partition coefficient (Wildman–Crippen LogP) is 2.35. The molecule has 1 aromatic heterocycles. The molecule has 0 aromatic carbocycles. The lowest BCUT2D eigenvalue weighted by Crippen LogP contribution is -2.44. The second-order valence-electron chi connectivity index (χ2n) is 5.11. The molecule has 1 saturated heterocycles. The Morgan fingerprint density at radius 3 is 3.05 bits per heavy atom. The van der Waals surface area contributed by atoms with Gasteiger partial charge in [-0.05, 0) is 37.1 Å². The van der Waals surface area contributed by atoms with Gasteiger partial charge in [0.15, 0.2) is 0 Å². The first-order valence-corrected chi connectivity index (χ1v) is 7.49.